The molecular formula is C18H24ClNO5. The van der Waals surface area contributed by atoms with E-state index in [1.807, 2.05) is 0 Å². The Morgan fingerprint density at radius 1 is 1.40 bits per heavy atom. The van der Waals surface area contributed by atoms with Gasteiger partial charge in [0, 0.05) is 19.7 Å². The molecular weight excluding hydrogens is 346 g/mol. The number of amides is 1. The number of rotatable bonds is 8. The molecule has 138 valence electrons. The summed E-state index contributed by atoms with van der Waals surface area (Å²) >= 11 is 6.04. The van der Waals surface area contributed by atoms with Crippen molar-refractivity contribution in [3.05, 3.63) is 29.3 Å². The molecule has 0 spiro atoms. The van der Waals surface area contributed by atoms with E-state index < -0.39 is 5.92 Å². The van der Waals surface area contributed by atoms with E-state index in [4.69, 9.17) is 25.8 Å². The maximum Gasteiger partial charge on any atom is 0.310 e. The summed E-state index contributed by atoms with van der Waals surface area (Å²) in [5.74, 6) is -0.533. The number of hydrogen-bond donors (Lipinski definition) is 0. The molecule has 2 rings (SSSR count). The van der Waals surface area contributed by atoms with Crippen molar-refractivity contribution >= 4 is 23.5 Å². The zero-order valence-electron chi connectivity index (χ0n) is 14.6. The molecule has 0 N–H and O–H groups in total. The highest BCUT2D eigenvalue weighted by atomic mass is 35.5. The van der Waals surface area contributed by atoms with Crippen molar-refractivity contribution in [3.63, 3.8) is 0 Å². The number of ether oxygens (including phenoxy) is 3. The molecule has 0 aliphatic carbocycles. The number of para-hydroxylation sites is 1. The van der Waals surface area contributed by atoms with Crippen LogP contribution in [0.5, 0.6) is 5.75 Å². The predicted molar refractivity (Wildman–Crippen MR) is 93.7 cm³/mol. The molecule has 1 aromatic rings. The second kappa shape index (κ2) is 9.63. The molecule has 0 saturated carbocycles. The van der Waals surface area contributed by atoms with Gasteiger partial charge in [0.1, 0.15) is 5.75 Å². The zero-order valence-corrected chi connectivity index (χ0v) is 15.3. The second-order valence-electron chi connectivity index (χ2n) is 6.08. The Balaban J connectivity index is 1.98. The van der Waals surface area contributed by atoms with Gasteiger partial charge in [-0.25, -0.2) is 0 Å². The third kappa shape index (κ3) is 5.90. The van der Waals surface area contributed by atoms with Crippen LogP contribution in [0.2, 0.25) is 5.02 Å². The van der Waals surface area contributed by atoms with Crippen molar-refractivity contribution in [1.82, 2.24) is 4.90 Å². The van der Waals surface area contributed by atoms with Crippen molar-refractivity contribution in [3.8, 4) is 5.75 Å². The van der Waals surface area contributed by atoms with Crippen molar-refractivity contribution < 1.29 is 23.8 Å². The van der Waals surface area contributed by atoms with Crippen LogP contribution in [0, 0.1) is 5.92 Å². The first-order valence-corrected chi connectivity index (χ1v) is 8.73. The summed E-state index contributed by atoms with van der Waals surface area (Å²) in [6.07, 6.45) is 1.88. The van der Waals surface area contributed by atoms with Crippen LogP contribution in [-0.2, 0) is 19.1 Å². The SMILES string of the molecule is COC(=O)C(C)CN(CC1CCCO1)C(=O)COc1ccccc1Cl. The molecule has 2 atom stereocenters. The molecule has 0 radical (unpaired) electrons. The molecule has 1 heterocycles. The fraction of sp³-hybridized carbons (Fsp3) is 0.556. The molecule has 1 fully saturated rings. The fourth-order valence-corrected chi connectivity index (χ4v) is 2.90. The van der Waals surface area contributed by atoms with Crippen molar-refractivity contribution in [2.24, 2.45) is 5.92 Å². The van der Waals surface area contributed by atoms with Gasteiger partial charge in [0.15, 0.2) is 6.61 Å². The van der Waals surface area contributed by atoms with Crippen molar-refractivity contribution in [2.45, 2.75) is 25.9 Å². The number of halogens is 1. The second-order valence-corrected chi connectivity index (χ2v) is 6.48. The van der Waals surface area contributed by atoms with Crippen LogP contribution < -0.4 is 4.74 Å². The number of benzene rings is 1. The van der Waals surface area contributed by atoms with Crippen LogP contribution in [0.25, 0.3) is 0 Å². The molecule has 2 unspecified atom stereocenters. The minimum absolute atomic E-state index is 0.00545. The summed E-state index contributed by atoms with van der Waals surface area (Å²) in [7, 11) is 1.34. The van der Waals surface area contributed by atoms with Gasteiger partial charge in [0.25, 0.3) is 5.91 Å². The van der Waals surface area contributed by atoms with Gasteiger partial charge in [-0.3, -0.25) is 9.59 Å². The standard InChI is InChI=1S/C18H24ClNO5/c1-13(18(22)23-2)10-20(11-14-6-5-9-24-14)17(21)12-25-16-8-4-3-7-15(16)19/h3-4,7-8,13-14H,5-6,9-12H2,1-2H3. The highest BCUT2D eigenvalue weighted by molar-refractivity contribution is 6.32. The summed E-state index contributed by atoms with van der Waals surface area (Å²) in [6, 6.07) is 6.98. The van der Waals surface area contributed by atoms with E-state index in [1.54, 1.807) is 36.1 Å². The van der Waals surface area contributed by atoms with Crippen LogP contribution in [0.4, 0.5) is 0 Å². The molecule has 25 heavy (non-hydrogen) atoms. The number of carbonyl (C=O) groups is 2. The lowest BCUT2D eigenvalue weighted by molar-refractivity contribution is -0.147. The molecule has 1 aliphatic heterocycles. The van der Waals surface area contributed by atoms with Gasteiger partial charge >= 0.3 is 5.97 Å². The Morgan fingerprint density at radius 2 is 2.16 bits per heavy atom. The summed E-state index contributed by atoms with van der Waals surface area (Å²) in [6.45, 7) is 2.99. The third-order valence-corrected chi connectivity index (χ3v) is 4.40. The molecule has 0 aromatic heterocycles. The number of esters is 1. The molecule has 1 saturated heterocycles. The molecule has 1 amide bonds. The topological polar surface area (TPSA) is 65.1 Å². The summed E-state index contributed by atoms with van der Waals surface area (Å²) in [5, 5.41) is 0.448. The Kier molecular flexibility index (Phi) is 7.52. The summed E-state index contributed by atoms with van der Waals surface area (Å²) < 4.78 is 15.9. The minimum Gasteiger partial charge on any atom is -0.482 e. The molecule has 6 nitrogen and oxygen atoms in total. The Bertz CT molecular complexity index is 589. The normalized spacial score (nSPS) is 17.8. The summed E-state index contributed by atoms with van der Waals surface area (Å²) in [4.78, 5) is 25.9. The molecule has 1 aliphatic rings. The molecule has 1 aromatic carbocycles. The zero-order chi connectivity index (χ0) is 18.2. The lowest BCUT2D eigenvalue weighted by Gasteiger charge is -2.27. The maximum absolute atomic E-state index is 12.6. The van der Waals surface area contributed by atoms with E-state index in [1.165, 1.54) is 7.11 Å². The van der Waals surface area contributed by atoms with Gasteiger partial charge in [-0.2, -0.15) is 0 Å². The van der Waals surface area contributed by atoms with Gasteiger partial charge in [0.2, 0.25) is 0 Å². The smallest absolute Gasteiger partial charge is 0.310 e. The van der Waals surface area contributed by atoms with Crippen molar-refractivity contribution in [1.29, 1.82) is 0 Å². The van der Waals surface area contributed by atoms with Gasteiger partial charge in [-0.15, -0.1) is 0 Å². The van der Waals surface area contributed by atoms with E-state index in [0.717, 1.165) is 12.8 Å². The largest absolute Gasteiger partial charge is 0.482 e. The van der Waals surface area contributed by atoms with Crippen LogP contribution >= 0.6 is 11.6 Å². The van der Waals surface area contributed by atoms with Crippen LogP contribution in [-0.4, -0.2) is 56.3 Å². The maximum atomic E-state index is 12.6. The van der Waals surface area contributed by atoms with E-state index in [9.17, 15) is 9.59 Å². The highest BCUT2D eigenvalue weighted by Crippen LogP contribution is 2.23. The van der Waals surface area contributed by atoms with Crippen LogP contribution in [0.3, 0.4) is 0 Å². The first-order chi connectivity index (χ1) is 12.0. The first-order valence-electron chi connectivity index (χ1n) is 8.35. The van der Waals surface area contributed by atoms with E-state index >= 15 is 0 Å². The molecule has 0 bridgehead atoms. The predicted octanol–water partition coefficient (Wildman–Crippen LogP) is 2.54. The number of nitrogens with zero attached hydrogens (tertiary/aromatic N) is 1. The van der Waals surface area contributed by atoms with Gasteiger partial charge in [-0.05, 0) is 25.0 Å². The molecule has 7 heteroatoms. The lowest BCUT2D eigenvalue weighted by atomic mass is 10.1. The average molecular weight is 370 g/mol. The Hall–Kier alpha value is -1.79. The summed E-state index contributed by atoms with van der Waals surface area (Å²) in [5.41, 5.74) is 0. The van der Waals surface area contributed by atoms with Crippen molar-refractivity contribution in [2.75, 3.05) is 33.4 Å². The first kappa shape index (κ1) is 19.5. The van der Waals surface area contributed by atoms with Crippen LogP contribution in [0.15, 0.2) is 24.3 Å². The Morgan fingerprint density at radius 3 is 2.80 bits per heavy atom. The van der Waals surface area contributed by atoms with Gasteiger partial charge in [-0.1, -0.05) is 30.7 Å². The van der Waals surface area contributed by atoms with Crippen LogP contribution in [0.1, 0.15) is 19.8 Å². The van der Waals surface area contributed by atoms with E-state index in [2.05, 4.69) is 0 Å². The number of carbonyl (C=O) groups excluding carboxylic acids is 2. The van der Waals surface area contributed by atoms with Gasteiger partial charge < -0.3 is 19.1 Å². The third-order valence-electron chi connectivity index (χ3n) is 4.09. The monoisotopic (exact) mass is 369 g/mol. The van der Waals surface area contributed by atoms with E-state index in [0.29, 0.717) is 23.9 Å². The lowest BCUT2D eigenvalue weighted by Crippen LogP contribution is -2.43. The quantitative estimate of drug-likeness (QED) is 0.659. The van der Waals surface area contributed by atoms with Gasteiger partial charge in [0.05, 0.1) is 24.2 Å². The fourth-order valence-electron chi connectivity index (χ4n) is 2.71. The average Bonchev–Trinajstić information content (AvgIpc) is 3.12. The van der Waals surface area contributed by atoms with E-state index in [-0.39, 0.29) is 31.1 Å². The Labute approximate surface area is 153 Å². The number of methoxy groups -OCH3 is 1. The minimum atomic E-state index is -0.421. The number of hydrogen-bond acceptors (Lipinski definition) is 5. The highest BCUT2D eigenvalue weighted by Gasteiger charge is 2.26.